The molecule has 2 aromatic carbocycles. The molecule has 4 rings (SSSR count). The highest BCUT2D eigenvalue weighted by Crippen LogP contribution is 2.28. The van der Waals surface area contributed by atoms with Crippen molar-refractivity contribution in [2.75, 3.05) is 0 Å². The van der Waals surface area contributed by atoms with Gasteiger partial charge in [-0.05, 0) is 35.9 Å². The zero-order valence-electron chi connectivity index (χ0n) is 13.7. The molecule has 0 bridgehead atoms. The first-order valence-corrected chi connectivity index (χ1v) is 8.95. The predicted octanol–water partition coefficient (Wildman–Crippen LogP) is 4.16. The Morgan fingerprint density at radius 2 is 1.58 bits per heavy atom. The summed E-state index contributed by atoms with van der Waals surface area (Å²) >= 11 is 1.53. The second-order valence-corrected chi connectivity index (χ2v) is 6.41. The fourth-order valence-electron chi connectivity index (χ4n) is 2.46. The molecule has 0 saturated carbocycles. The fourth-order valence-corrected chi connectivity index (χ4v) is 3.37. The lowest BCUT2D eigenvalue weighted by Crippen LogP contribution is -2.01. The summed E-state index contributed by atoms with van der Waals surface area (Å²) in [5.74, 6) is 1.51. The molecule has 0 aliphatic heterocycles. The van der Waals surface area contributed by atoms with E-state index in [1.165, 1.54) is 23.9 Å². The number of para-hydroxylation sites is 1. The summed E-state index contributed by atoms with van der Waals surface area (Å²) in [6.07, 6.45) is 3.36. The molecule has 4 aromatic rings. The van der Waals surface area contributed by atoms with Gasteiger partial charge in [0.05, 0.1) is 0 Å². The Bertz CT molecular complexity index is 988. The Kier molecular flexibility index (Phi) is 4.70. The summed E-state index contributed by atoms with van der Waals surface area (Å²) in [6, 6.07) is 18.1. The number of rotatable bonds is 5. The largest absolute Gasteiger partial charge is 0.267 e. The Balaban J connectivity index is 1.70. The molecule has 0 unspecified atom stereocenters. The predicted molar refractivity (Wildman–Crippen MR) is 98.3 cm³/mol. The maximum atomic E-state index is 13.1. The minimum Gasteiger partial charge on any atom is -0.267 e. The summed E-state index contributed by atoms with van der Waals surface area (Å²) in [7, 11) is 0. The number of benzene rings is 2. The average molecular weight is 363 g/mol. The first-order chi connectivity index (χ1) is 12.8. The molecule has 2 aromatic heterocycles. The molecule has 0 spiro atoms. The van der Waals surface area contributed by atoms with E-state index in [9.17, 15) is 4.39 Å². The molecule has 26 heavy (non-hydrogen) atoms. The first kappa shape index (κ1) is 16.4. The molecule has 0 saturated heterocycles. The second kappa shape index (κ2) is 7.45. The van der Waals surface area contributed by atoms with Gasteiger partial charge in [-0.15, -0.1) is 10.2 Å². The van der Waals surface area contributed by atoms with Crippen molar-refractivity contribution in [3.8, 4) is 17.3 Å². The van der Waals surface area contributed by atoms with Crippen molar-refractivity contribution in [1.82, 2.24) is 24.7 Å². The molecule has 0 amide bonds. The van der Waals surface area contributed by atoms with Crippen LogP contribution in [-0.2, 0) is 5.75 Å². The van der Waals surface area contributed by atoms with E-state index in [4.69, 9.17) is 0 Å². The van der Waals surface area contributed by atoms with Gasteiger partial charge < -0.3 is 0 Å². The minimum atomic E-state index is -0.241. The van der Waals surface area contributed by atoms with E-state index in [1.54, 1.807) is 30.6 Å². The van der Waals surface area contributed by atoms with Gasteiger partial charge in [0.2, 0.25) is 5.82 Å². The van der Waals surface area contributed by atoms with E-state index < -0.39 is 0 Å². The van der Waals surface area contributed by atoms with Crippen LogP contribution < -0.4 is 0 Å². The highest BCUT2D eigenvalue weighted by Gasteiger charge is 2.17. The molecule has 0 fully saturated rings. The zero-order chi connectivity index (χ0) is 17.8. The lowest BCUT2D eigenvalue weighted by atomic mass is 10.2. The second-order valence-electron chi connectivity index (χ2n) is 5.46. The topological polar surface area (TPSA) is 56.5 Å². The number of nitrogens with zero attached hydrogens (tertiary/aromatic N) is 5. The van der Waals surface area contributed by atoms with Crippen LogP contribution in [-0.4, -0.2) is 24.7 Å². The van der Waals surface area contributed by atoms with Gasteiger partial charge in [-0.1, -0.05) is 42.1 Å². The van der Waals surface area contributed by atoms with E-state index in [2.05, 4.69) is 20.2 Å². The van der Waals surface area contributed by atoms with E-state index in [0.717, 1.165) is 16.4 Å². The quantitative estimate of drug-likeness (QED) is 0.499. The van der Waals surface area contributed by atoms with Gasteiger partial charge >= 0.3 is 0 Å². The van der Waals surface area contributed by atoms with E-state index >= 15 is 0 Å². The van der Waals surface area contributed by atoms with Gasteiger partial charge in [0.15, 0.2) is 11.0 Å². The Morgan fingerprint density at radius 1 is 0.846 bits per heavy atom. The van der Waals surface area contributed by atoms with Crippen molar-refractivity contribution in [1.29, 1.82) is 0 Å². The molecule has 5 nitrogen and oxygen atoms in total. The van der Waals surface area contributed by atoms with Crippen molar-refractivity contribution in [2.24, 2.45) is 0 Å². The van der Waals surface area contributed by atoms with Crippen LogP contribution in [0.25, 0.3) is 17.3 Å². The van der Waals surface area contributed by atoms with Crippen LogP contribution in [0.15, 0.2) is 78.2 Å². The number of halogens is 1. The van der Waals surface area contributed by atoms with Crippen LogP contribution >= 0.6 is 11.8 Å². The molecule has 7 heteroatoms. The number of hydrogen-bond donors (Lipinski definition) is 0. The minimum absolute atomic E-state index is 0.241. The van der Waals surface area contributed by atoms with Crippen molar-refractivity contribution in [3.05, 3.63) is 84.4 Å². The molecule has 0 aliphatic carbocycles. The molecule has 0 atom stereocenters. The van der Waals surface area contributed by atoms with Crippen LogP contribution in [0.3, 0.4) is 0 Å². The molecule has 0 N–H and O–H groups in total. The summed E-state index contributed by atoms with van der Waals surface area (Å²) < 4.78 is 15.0. The smallest absolute Gasteiger partial charge is 0.207 e. The lowest BCUT2D eigenvalue weighted by molar-refractivity contribution is 0.627. The molecule has 0 aliphatic rings. The van der Waals surface area contributed by atoms with Crippen LogP contribution in [0.4, 0.5) is 4.39 Å². The van der Waals surface area contributed by atoms with E-state index in [-0.39, 0.29) is 5.82 Å². The molecular weight excluding hydrogens is 349 g/mol. The molecule has 0 radical (unpaired) electrons. The van der Waals surface area contributed by atoms with Gasteiger partial charge in [0.25, 0.3) is 0 Å². The van der Waals surface area contributed by atoms with Crippen molar-refractivity contribution >= 4 is 11.8 Å². The van der Waals surface area contributed by atoms with Crippen LogP contribution in [0, 0.1) is 5.82 Å². The van der Waals surface area contributed by atoms with E-state index in [0.29, 0.717) is 17.4 Å². The van der Waals surface area contributed by atoms with Gasteiger partial charge in [0, 0.05) is 23.8 Å². The SMILES string of the molecule is Fc1ccc(CSc2nnc(-c3ncccn3)n2-c2ccccc2)cc1. The standard InChI is InChI=1S/C19H14FN5S/c20-15-9-7-14(8-10-15)13-26-19-24-23-18(17-21-11-4-12-22-17)25(19)16-5-2-1-3-6-16/h1-12H,13H2. The van der Waals surface area contributed by atoms with Gasteiger partial charge in [-0.2, -0.15) is 0 Å². The Hall–Kier alpha value is -3.06. The summed E-state index contributed by atoms with van der Waals surface area (Å²) in [6.45, 7) is 0. The monoisotopic (exact) mass is 363 g/mol. The van der Waals surface area contributed by atoms with Crippen LogP contribution in [0.1, 0.15) is 5.56 Å². The highest BCUT2D eigenvalue weighted by atomic mass is 32.2. The van der Waals surface area contributed by atoms with Crippen molar-refractivity contribution in [2.45, 2.75) is 10.9 Å². The Morgan fingerprint density at radius 3 is 2.31 bits per heavy atom. The third-order valence-corrected chi connectivity index (χ3v) is 4.69. The number of aromatic nitrogens is 5. The summed E-state index contributed by atoms with van der Waals surface area (Å²) in [5, 5.41) is 9.34. The molecule has 128 valence electrons. The van der Waals surface area contributed by atoms with Crippen molar-refractivity contribution in [3.63, 3.8) is 0 Å². The number of hydrogen-bond acceptors (Lipinski definition) is 5. The summed E-state index contributed by atoms with van der Waals surface area (Å²) in [5.41, 5.74) is 1.94. The fraction of sp³-hybridized carbons (Fsp3) is 0.0526. The normalized spacial score (nSPS) is 10.8. The third kappa shape index (κ3) is 3.48. The Labute approximate surface area is 154 Å². The highest BCUT2D eigenvalue weighted by molar-refractivity contribution is 7.98. The van der Waals surface area contributed by atoms with Gasteiger partial charge in [0.1, 0.15) is 5.82 Å². The number of thioether (sulfide) groups is 1. The van der Waals surface area contributed by atoms with Crippen molar-refractivity contribution < 1.29 is 4.39 Å². The molecule has 2 heterocycles. The van der Waals surface area contributed by atoms with E-state index in [1.807, 2.05) is 34.9 Å². The summed E-state index contributed by atoms with van der Waals surface area (Å²) in [4.78, 5) is 8.58. The molecular formula is C19H14FN5S. The maximum absolute atomic E-state index is 13.1. The maximum Gasteiger partial charge on any atom is 0.207 e. The first-order valence-electron chi connectivity index (χ1n) is 7.97. The lowest BCUT2D eigenvalue weighted by Gasteiger charge is -2.09. The third-order valence-electron chi connectivity index (χ3n) is 3.69. The van der Waals surface area contributed by atoms with Crippen LogP contribution in [0.5, 0.6) is 0 Å². The zero-order valence-corrected chi connectivity index (χ0v) is 14.5. The van der Waals surface area contributed by atoms with Gasteiger partial charge in [-0.3, -0.25) is 4.57 Å². The van der Waals surface area contributed by atoms with Gasteiger partial charge in [-0.25, -0.2) is 14.4 Å². The van der Waals surface area contributed by atoms with Crippen LogP contribution in [0.2, 0.25) is 0 Å². The average Bonchev–Trinajstić information content (AvgIpc) is 3.13.